The highest BCUT2D eigenvalue weighted by atomic mass is 32.2. The second kappa shape index (κ2) is 9.41. The summed E-state index contributed by atoms with van der Waals surface area (Å²) < 4.78 is 13.6. The molecule has 7 nitrogen and oxygen atoms in total. The van der Waals surface area contributed by atoms with Crippen LogP contribution in [0.2, 0.25) is 0 Å². The van der Waals surface area contributed by atoms with E-state index in [2.05, 4.69) is 31.9 Å². The summed E-state index contributed by atoms with van der Waals surface area (Å²) in [6, 6.07) is 13.7. The Morgan fingerprint density at radius 1 is 1.27 bits per heavy atom. The van der Waals surface area contributed by atoms with E-state index in [1.165, 1.54) is 0 Å². The summed E-state index contributed by atoms with van der Waals surface area (Å²) in [5, 5.41) is 11.1. The Bertz CT molecular complexity index is 1290. The highest BCUT2D eigenvalue weighted by molar-refractivity contribution is 7.98. The summed E-state index contributed by atoms with van der Waals surface area (Å²) >= 11 is 1.59. The van der Waals surface area contributed by atoms with Crippen LogP contribution in [0.5, 0.6) is 5.75 Å². The van der Waals surface area contributed by atoms with E-state index in [9.17, 15) is 4.79 Å². The van der Waals surface area contributed by atoms with Gasteiger partial charge in [-0.25, -0.2) is 0 Å². The van der Waals surface area contributed by atoms with Crippen molar-refractivity contribution in [2.24, 2.45) is 0 Å². The number of H-pyrrole nitrogens is 1. The maximum Gasteiger partial charge on any atom is 0.191 e. The molecule has 1 fully saturated rings. The summed E-state index contributed by atoms with van der Waals surface area (Å²) in [6.07, 6.45) is 4.26. The molecule has 0 saturated carbocycles. The second-order valence-corrected chi connectivity index (χ2v) is 9.11. The molecule has 3 heterocycles. The Morgan fingerprint density at radius 2 is 2.15 bits per heavy atom. The van der Waals surface area contributed by atoms with Crippen LogP contribution in [0.4, 0.5) is 0 Å². The van der Waals surface area contributed by atoms with Crippen LogP contribution in [-0.4, -0.2) is 45.4 Å². The lowest BCUT2D eigenvalue weighted by Crippen LogP contribution is -2.16. The van der Waals surface area contributed by atoms with Gasteiger partial charge in [0.1, 0.15) is 5.75 Å². The molecule has 1 aliphatic heterocycles. The van der Waals surface area contributed by atoms with Gasteiger partial charge in [-0.1, -0.05) is 30.0 Å². The Balaban J connectivity index is 1.49. The van der Waals surface area contributed by atoms with Crippen LogP contribution >= 0.6 is 11.8 Å². The number of benzene rings is 2. The molecule has 0 aliphatic carbocycles. The fourth-order valence-electron chi connectivity index (χ4n) is 4.26. The zero-order chi connectivity index (χ0) is 22.8. The first-order chi connectivity index (χ1) is 16.1. The third kappa shape index (κ3) is 4.41. The number of fused-ring (bicyclic) bond motifs is 1. The molecule has 2 aromatic carbocycles. The van der Waals surface area contributed by atoms with Crippen LogP contribution in [-0.2, 0) is 17.0 Å². The molecular weight excluding hydrogens is 436 g/mol. The van der Waals surface area contributed by atoms with E-state index in [-0.39, 0.29) is 11.9 Å². The van der Waals surface area contributed by atoms with Gasteiger partial charge in [0.2, 0.25) is 0 Å². The monoisotopic (exact) mass is 462 g/mol. The normalized spacial score (nSPS) is 15.9. The van der Waals surface area contributed by atoms with Gasteiger partial charge in [0.25, 0.3) is 0 Å². The van der Waals surface area contributed by atoms with E-state index in [4.69, 9.17) is 9.47 Å². The van der Waals surface area contributed by atoms with Crippen molar-refractivity contribution < 1.29 is 14.3 Å². The minimum atomic E-state index is 0.0343. The third-order valence-electron chi connectivity index (χ3n) is 6.00. The molecule has 33 heavy (non-hydrogen) atoms. The van der Waals surface area contributed by atoms with Crippen molar-refractivity contribution in [1.29, 1.82) is 0 Å². The Labute approximate surface area is 196 Å². The number of thioether (sulfide) groups is 1. The maximum atomic E-state index is 11.9. The number of ether oxygens (including phenoxy) is 2. The number of carbonyl (C=O) groups is 1. The molecular formula is C25H26N4O3S. The van der Waals surface area contributed by atoms with Crippen LogP contribution in [0.25, 0.3) is 22.3 Å². The number of rotatable bonds is 8. The molecule has 1 aliphatic rings. The molecule has 1 atom stereocenters. The van der Waals surface area contributed by atoms with Gasteiger partial charge in [0, 0.05) is 46.1 Å². The number of nitrogens with zero attached hydrogens (tertiary/aromatic N) is 3. The molecule has 0 spiro atoms. The zero-order valence-electron chi connectivity index (χ0n) is 18.7. The van der Waals surface area contributed by atoms with Gasteiger partial charge in [-0.2, -0.15) is 0 Å². The average Bonchev–Trinajstić information content (AvgIpc) is 3.58. The first kappa shape index (κ1) is 21.7. The number of hydrogen-bond acceptors (Lipinski definition) is 6. The van der Waals surface area contributed by atoms with E-state index in [0.29, 0.717) is 17.9 Å². The summed E-state index contributed by atoms with van der Waals surface area (Å²) in [5.74, 6) is 2.23. The molecule has 1 N–H and O–H groups in total. The number of Topliss-reactive ketones (excluding diaryl/α,β-unsaturated/α-hetero) is 1. The number of para-hydroxylation sites is 1. The molecule has 8 heteroatoms. The highest BCUT2D eigenvalue weighted by Gasteiger charge is 2.23. The fourth-order valence-corrected chi connectivity index (χ4v) is 5.19. The highest BCUT2D eigenvalue weighted by Crippen LogP contribution is 2.33. The van der Waals surface area contributed by atoms with Gasteiger partial charge in [0.15, 0.2) is 16.8 Å². The lowest BCUT2D eigenvalue weighted by molar-refractivity contribution is 0.0953. The van der Waals surface area contributed by atoms with Crippen LogP contribution in [0.3, 0.4) is 0 Å². The summed E-state index contributed by atoms with van der Waals surface area (Å²) in [4.78, 5) is 15.2. The minimum Gasteiger partial charge on any atom is -0.496 e. The van der Waals surface area contributed by atoms with E-state index in [1.54, 1.807) is 31.9 Å². The maximum absolute atomic E-state index is 11.9. The van der Waals surface area contributed by atoms with Crippen molar-refractivity contribution in [3.63, 3.8) is 0 Å². The number of nitrogens with one attached hydrogen (secondary N) is 1. The van der Waals surface area contributed by atoms with Crippen molar-refractivity contribution in [3.8, 4) is 17.1 Å². The Morgan fingerprint density at radius 3 is 2.94 bits per heavy atom. The third-order valence-corrected chi connectivity index (χ3v) is 7.02. The standard InChI is InChI=1S/C25H26N4O3S/c1-16(30)17-9-10-23(31-2)18(12-17)15-33-25-28-27-24(29(25)14-19-6-5-11-32-19)21-13-26-22-8-4-3-7-20(21)22/h3-4,7-10,12-13,19,26H,5-6,11,14-15H2,1-2H3. The molecule has 170 valence electrons. The van der Waals surface area contributed by atoms with Crippen molar-refractivity contribution in [1.82, 2.24) is 19.7 Å². The number of methoxy groups -OCH3 is 1. The first-order valence-electron chi connectivity index (χ1n) is 11.1. The van der Waals surface area contributed by atoms with Crippen molar-refractivity contribution >= 4 is 28.4 Å². The average molecular weight is 463 g/mol. The first-order valence-corrected chi connectivity index (χ1v) is 12.0. The lowest BCUT2D eigenvalue weighted by atomic mass is 10.1. The van der Waals surface area contributed by atoms with Crippen LogP contribution in [0.15, 0.2) is 53.8 Å². The molecule has 0 radical (unpaired) electrons. The summed E-state index contributed by atoms with van der Waals surface area (Å²) in [6.45, 7) is 3.08. The quantitative estimate of drug-likeness (QED) is 0.289. The summed E-state index contributed by atoms with van der Waals surface area (Å²) in [7, 11) is 1.64. The fraction of sp³-hybridized carbons (Fsp3) is 0.320. The predicted molar refractivity (Wildman–Crippen MR) is 129 cm³/mol. The molecule has 1 unspecified atom stereocenters. The molecule has 0 bridgehead atoms. The molecule has 5 rings (SSSR count). The zero-order valence-corrected chi connectivity index (χ0v) is 19.5. The van der Waals surface area contributed by atoms with Crippen molar-refractivity contribution in [3.05, 3.63) is 59.8 Å². The predicted octanol–water partition coefficient (Wildman–Crippen LogP) is 5.11. The largest absolute Gasteiger partial charge is 0.496 e. The van der Waals surface area contributed by atoms with E-state index in [0.717, 1.165) is 58.2 Å². The molecule has 0 amide bonds. The van der Waals surface area contributed by atoms with Gasteiger partial charge in [-0.3, -0.25) is 9.36 Å². The van der Waals surface area contributed by atoms with Crippen LogP contribution in [0.1, 0.15) is 35.7 Å². The number of aromatic nitrogens is 4. The Hall–Kier alpha value is -3.10. The van der Waals surface area contributed by atoms with E-state index < -0.39 is 0 Å². The number of carbonyl (C=O) groups excluding carboxylic acids is 1. The minimum absolute atomic E-state index is 0.0343. The van der Waals surface area contributed by atoms with E-state index in [1.807, 2.05) is 30.5 Å². The SMILES string of the molecule is COc1ccc(C(C)=O)cc1CSc1nnc(-c2c[nH]c3ccccc23)n1CC1CCCO1. The van der Waals surface area contributed by atoms with Crippen molar-refractivity contribution in [2.45, 2.75) is 43.3 Å². The molecule has 1 saturated heterocycles. The lowest BCUT2D eigenvalue weighted by Gasteiger charge is -2.15. The smallest absolute Gasteiger partial charge is 0.191 e. The van der Waals surface area contributed by atoms with Gasteiger partial charge in [-0.15, -0.1) is 10.2 Å². The number of aromatic amines is 1. The molecule has 4 aromatic rings. The molecule has 2 aromatic heterocycles. The van der Waals surface area contributed by atoms with Gasteiger partial charge >= 0.3 is 0 Å². The van der Waals surface area contributed by atoms with Crippen LogP contribution in [0, 0.1) is 0 Å². The summed E-state index contributed by atoms with van der Waals surface area (Å²) in [5.41, 5.74) is 3.72. The second-order valence-electron chi connectivity index (χ2n) is 8.17. The number of ketones is 1. The number of hydrogen-bond donors (Lipinski definition) is 1. The van der Waals surface area contributed by atoms with Crippen LogP contribution < -0.4 is 4.74 Å². The van der Waals surface area contributed by atoms with Gasteiger partial charge in [-0.05, 0) is 44.0 Å². The Kier molecular flexibility index (Phi) is 6.20. The van der Waals surface area contributed by atoms with Gasteiger partial charge < -0.3 is 14.5 Å². The van der Waals surface area contributed by atoms with Crippen molar-refractivity contribution in [2.75, 3.05) is 13.7 Å². The van der Waals surface area contributed by atoms with Gasteiger partial charge in [0.05, 0.1) is 19.8 Å². The van der Waals surface area contributed by atoms with E-state index >= 15 is 0 Å². The topological polar surface area (TPSA) is 82.0 Å².